The third-order valence-electron chi connectivity index (χ3n) is 3.32. The predicted octanol–water partition coefficient (Wildman–Crippen LogP) is 1.39. The number of nitrogens with one attached hydrogen (secondary N) is 2. The second-order valence-electron chi connectivity index (χ2n) is 5.19. The molecule has 1 aromatic heterocycles. The number of thioether (sulfide) groups is 1. The summed E-state index contributed by atoms with van der Waals surface area (Å²) in [5.41, 5.74) is 8.07. The highest BCUT2D eigenvalue weighted by Gasteiger charge is 2.30. The Morgan fingerprint density at radius 3 is 2.80 bits per heavy atom. The molecule has 0 aliphatic carbocycles. The predicted molar refractivity (Wildman–Crippen MR) is 86.0 cm³/mol. The molecule has 0 saturated carbocycles. The highest BCUT2D eigenvalue weighted by molar-refractivity contribution is 8.00. The lowest BCUT2D eigenvalue weighted by atomic mass is 10.0. The van der Waals surface area contributed by atoms with Gasteiger partial charge in [0.1, 0.15) is 0 Å². The molecule has 0 bridgehead atoms. The highest BCUT2D eigenvalue weighted by Crippen LogP contribution is 2.24. The van der Waals surface area contributed by atoms with Crippen molar-refractivity contribution in [3.63, 3.8) is 0 Å². The molecule has 0 aliphatic rings. The Kier molecular flexibility index (Phi) is 6.29. The normalized spacial score (nSPS) is 12.8. The number of amides is 1. The number of hydrogen-bond donors (Lipinski definition) is 3. The van der Waals surface area contributed by atoms with Gasteiger partial charge in [-0.3, -0.25) is 9.78 Å². The lowest BCUT2D eigenvalue weighted by Gasteiger charge is -2.28. The van der Waals surface area contributed by atoms with E-state index in [0.29, 0.717) is 13.1 Å². The van der Waals surface area contributed by atoms with Gasteiger partial charge in [0.05, 0.1) is 6.04 Å². The molecule has 1 atom stereocenters. The molecule has 0 radical (unpaired) electrons. The fourth-order valence-corrected chi connectivity index (χ4v) is 1.97. The van der Waals surface area contributed by atoms with Crippen LogP contribution in [0.1, 0.15) is 19.4 Å². The van der Waals surface area contributed by atoms with E-state index in [1.165, 1.54) is 0 Å². The van der Waals surface area contributed by atoms with Gasteiger partial charge in [0.15, 0.2) is 0 Å². The van der Waals surface area contributed by atoms with Crippen LogP contribution in [0.5, 0.6) is 0 Å². The quantitative estimate of drug-likeness (QED) is 0.663. The maximum Gasteiger partial charge on any atom is 0.238 e. The van der Waals surface area contributed by atoms with E-state index < -0.39 is 6.04 Å². The standard InChI is InChI=1S/C14H24N4OS/c1-10-9-16-6-5-11(10)17-7-8-18-13(19)12(15)14(2,3)20-4/h5-6,9,12H,7-8,15H2,1-4H3,(H,16,17)(H,18,19)/t12-/m1/s1. The van der Waals surface area contributed by atoms with Gasteiger partial charge in [-0.05, 0) is 38.7 Å². The van der Waals surface area contributed by atoms with Crippen molar-refractivity contribution in [2.75, 3.05) is 24.7 Å². The number of hydrogen-bond acceptors (Lipinski definition) is 5. The van der Waals surface area contributed by atoms with E-state index in [1.807, 2.05) is 33.1 Å². The van der Waals surface area contributed by atoms with Gasteiger partial charge in [-0.2, -0.15) is 11.8 Å². The fourth-order valence-electron chi connectivity index (χ4n) is 1.61. The van der Waals surface area contributed by atoms with Gasteiger partial charge in [0.25, 0.3) is 0 Å². The second-order valence-corrected chi connectivity index (χ2v) is 6.65. The third-order valence-corrected chi connectivity index (χ3v) is 4.62. The van der Waals surface area contributed by atoms with Crippen LogP contribution in [0.25, 0.3) is 0 Å². The van der Waals surface area contributed by atoms with Gasteiger partial charge >= 0.3 is 0 Å². The Morgan fingerprint density at radius 2 is 2.20 bits per heavy atom. The number of aryl methyl sites for hydroxylation is 1. The molecule has 1 rings (SSSR count). The van der Waals surface area contributed by atoms with Crippen molar-refractivity contribution in [2.24, 2.45) is 5.73 Å². The molecule has 4 N–H and O–H groups in total. The van der Waals surface area contributed by atoms with Crippen LogP contribution in [0.4, 0.5) is 5.69 Å². The Hall–Kier alpha value is -1.27. The minimum Gasteiger partial charge on any atom is -0.383 e. The summed E-state index contributed by atoms with van der Waals surface area (Å²) in [6.07, 6.45) is 5.50. The number of aromatic nitrogens is 1. The van der Waals surface area contributed by atoms with Gasteiger partial charge in [0.2, 0.25) is 5.91 Å². The first-order chi connectivity index (χ1) is 9.38. The Morgan fingerprint density at radius 1 is 1.50 bits per heavy atom. The average molecular weight is 296 g/mol. The Labute approximate surface area is 125 Å². The Bertz CT molecular complexity index is 451. The Balaban J connectivity index is 2.35. The van der Waals surface area contributed by atoms with Crippen LogP contribution in [0, 0.1) is 6.92 Å². The number of rotatable bonds is 7. The smallest absolute Gasteiger partial charge is 0.238 e. The molecule has 0 fully saturated rings. The van der Waals surface area contributed by atoms with E-state index in [0.717, 1.165) is 11.3 Å². The molecule has 0 aliphatic heterocycles. The number of carbonyl (C=O) groups is 1. The average Bonchev–Trinajstić information content (AvgIpc) is 2.44. The van der Waals surface area contributed by atoms with Crippen LogP contribution in [0.3, 0.4) is 0 Å². The summed E-state index contributed by atoms with van der Waals surface area (Å²) >= 11 is 1.59. The molecule has 0 spiro atoms. The van der Waals surface area contributed by atoms with Crippen LogP contribution in [0.15, 0.2) is 18.5 Å². The SMILES string of the molecule is CSC(C)(C)[C@H](N)C(=O)NCCNc1ccncc1C. The topological polar surface area (TPSA) is 80.0 Å². The van der Waals surface area contributed by atoms with E-state index >= 15 is 0 Å². The zero-order chi connectivity index (χ0) is 15.2. The molecule has 1 aromatic rings. The number of nitrogens with zero attached hydrogens (tertiary/aromatic N) is 1. The molecule has 0 saturated heterocycles. The highest BCUT2D eigenvalue weighted by atomic mass is 32.2. The number of nitrogens with two attached hydrogens (primary N) is 1. The summed E-state index contributed by atoms with van der Waals surface area (Å²) in [7, 11) is 0. The molecule has 1 heterocycles. The first-order valence-electron chi connectivity index (χ1n) is 6.61. The van der Waals surface area contributed by atoms with E-state index in [-0.39, 0.29) is 10.7 Å². The van der Waals surface area contributed by atoms with E-state index in [1.54, 1.807) is 24.2 Å². The first kappa shape index (κ1) is 16.8. The maximum absolute atomic E-state index is 11.9. The molecule has 5 nitrogen and oxygen atoms in total. The third kappa shape index (κ3) is 4.68. The van der Waals surface area contributed by atoms with Gasteiger partial charge in [-0.25, -0.2) is 0 Å². The van der Waals surface area contributed by atoms with Crippen LogP contribution in [0.2, 0.25) is 0 Å². The summed E-state index contributed by atoms with van der Waals surface area (Å²) in [6, 6.07) is 1.40. The molecular formula is C14H24N4OS. The number of pyridine rings is 1. The zero-order valence-electron chi connectivity index (χ0n) is 12.6. The van der Waals surface area contributed by atoms with E-state index in [9.17, 15) is 4.79 Å². The first-order valence-corrected chi connectivity index (χ1v) is 7.84. The molecule has 20 heavy (non-hydrogen) atoms. The van der Waals surface area contributed by atoms with Gasteiger partial charge in [-0.15, -0.1) is 0 Å². The summed E-state index contributed by atoms with van der Waals surface area (Å²) in [6.45, 7) is 7.13. The molecule has 0 aromatic carbocycles. The van der Waals surface area contributed by atoms with Crippen molar-refractivity contribution in [1.29, 1.82) is 0 Å². The monoisotopic (exact) mass is 296 g/mol. The lowest BCUT2D eigenvalue weighted by molar-refractivity contribution is -0.122. The van der Waals surface area contributed by atoms with Crippen molar-refractivity contribution in [2.45, 2.75) is 31.6 Å². The largest absolute Gasteiger partial charge is 0.383 e. The van der Waals surface area contributed by atoms with Crippen LogP contribution in [-0.4, -0.2) is 41.0 Å². The minimum absolute atomic E-state index is 0.113. The van der Waals surface area contributed by atoms with Gasteiger partial charge in [0, 0.05) is 35.9 Å². The molecule has 6 heteroatoms. The van der Waals surface area contributed by atoms with Crippen LogP contribution >= 0.6 is 11.8 Å². The number of carbonyl (C=O) groups excluding carboxylic acids is 1. The lowest BCUT2D eigenvalue weighted by Crippen LogP contribution is -2.52. The number of anilines is 1. The fraction of sp³-hybridized carbons (Fsp3) is 0.571. The van der Waals surface area contributed by atoms with Crippen molar-refractivity contribution in [3.8, 4) is 0 Å². The summed E-state index contributed by atoms with van der Waals surface area (Å²) in [5.74, 6) is -0.113. The minimum atomic E-state index is -0.514. The molecule has 0 unspecified atom stereocenters. The van der Waals surface area contributed by atoms with Crippen LogP contribution in [-0.2, 0) is 4.79 Å². The molecule has 1 amide bonds. The van der Waals surface area contributed by atoms with Crippen molar-refractivity contribution >= 4 is 23.4 Å². The zero-order valence-corrected chi connectivity index (χ0v) is 13.4. The van der Waals surface area contributed by atoms with Crippen LogP contribution < -0.4 is 16.4 Å². The van der Waals surface area contributed by atoms with E-state index in [2.05, 4.69) is 15.6 Å². The molecule has 112 valence electrons. The molecular weight excluding hydrogens is 272 g/mol. The van der Waals surface area contributed by atoms with Crippen molar-refractivity contribution in [1.82, 2.24) is 10.3 Å². The summed E-state index contributed by atoms with van der Waals surface area (Å²) < 4.78 is -0.265. The maximum atomic E-state index is 11.9. The van der Waals surface area contributed by atoms with Gasteiger partial charge < -0.3 is 16.4 Å². The second kappa shape index (κ2) is 7.50. The van der Waals surface area contributed by atoms with E-state index in [4.69, 9.17) is 5.73 Å². The van der Waals surface area contributed by atoms with Crippen molar-refractivity contribution < 1.29 is 4.79 Å². The van der Waals surface area contributed by atoms with Gasteiger partial charge in [-0.1, -0.05) is 0 Å². The van der Waals surface area contributed by atoms with Crippen molar-refractivity contribution in [3.05, 3.63) is 24.0 Å². The summed E-state index contributed by atoms with van der Waals surface area (Å²) in [4.78, 5) is 16.0. The summed E-state index contributed by atoms with van der Waals surface area (Å²) in [5, 5.41) is 6.12.